The molecule has 134 valence electrons. The molecule has 2 aromatic carbocycles. The number of nitrogens with one attached hydrogen (secondary N) is 1. The van der Waals surface area contributed by atoms with Crippen LogP contribution in [-0.4, -0.2) is 11.1 Å². The molecular weight excluding hydrogens is 369 g/mol. The molecule has 0 aromatic heterocycles. The highest BCUT2D eigenvalue weighted by atomic mass is 35.5. The van der Waals surface area contributed by atoms with E-state index >= 15 is 0 Å². The molecule has 26 heavy (non-hydrogen) atoms. The van der Waals surface area contributed by atoms with Crippen LogP contribution in [0, 0.1) is 17.8 Å². The Morgan fingerprint density at radius 2 is 1.88 bits per heavy atom. The Kier molecular flexibility index (Phi) is 3.74. The highest BCUT2D eigenvalue weighted by molar-refractivity contribution is 6.42. The Bertz CT molecular complexity index is 913. The second-order valence-corrected chi connectivity index (χ2v) is 8.62. The van der Waals surface area contributed by atoms with E-state index in [0.717, 1.165) is 11.3 Å². The number of carboxylic acid groups (broad SMARTS) is 1. The van der Waals surface area contributed by atoms with Crippen molar-refractivity contribution in [2.24, 2.45) is 17.8 Å². The summed E-state index contributed by atoms with van der Waals surface area (Å²) >= 11 is 12.4. The third-order valence-electron chi connectivity index (χ3n) is 6.65. The van der Waals surface area contributed by atoms with Crippen molar-refractivity contribution in [3.63, 3.8) is 0 Å². The summed E-state index contributed by atoms with van der Waals surface area (Å²) in [6.45, 7) is 0. The van der Waals surface area contributed by atoms with E-state index in [1.165, 1.54) is 24.8 Å². The molecule has 3 nitrogen and oxygen atoms in total. The summed E-state index contributed by atoms with van der Waals surface area (Å²) in [7, 11) is 0. The predicted molar refractivity (Wildman–Crippen MR) is 103 cm³/mol. The van der Waals surface area contributed by atoms with Gasteiger partial charge in [-0.3, -0.25) is 0 Å². The van der Waals surface area contributed by atoms with Crippen LogP contribution in [0.5, 0.6) is 0 Å². The van der Waals surface area contributed by atoms with Crippen LogP contribution in [-0.2, 0) is 0 Å². The minimum absolute atomic E-state index is 0.0677. The lowest BCUT2D eigenvalue weighted by molar-refractivity contribution is 0.0697. The molecule has 0 spiro atoms. The number of anilines is 1. The quantitative estimate of drug-likeness (QED) is 0.665. The van der Waals surface area contributed by atoms with Crippen LogP contribution in [0.2, 0.25) is 10.0 Å². The average molecular weight is 388 g/mol. The van der Waals surface area contributed by atoms with E-state index in [4.69, 9.17) is 23.2 Å². The molecule has 2 N–H and O–H groups in total. The number of fused-ring (bicyclic) bond motifs is 7. The van der Waals surface area contributed by atoms with Crippen molar-refractivity contribution >= 4 is 34.9 Å². The first kappa shape index (κ1) is 16.5. The largest absolute Gasteiger partial charge is 0.478 e. The zero-order chi connectivity index (χ0) is 18.0. The smallest absolute Gasteiger partial charge is 0.337 e. The predicted octanol–water partition coefficient (Wildman–Crippen LogP) is 5.99. The van der Waals surface area contributed by atoms with E-state index in [9.17, 15) is 9.90 Å². The van der Waals surface area contributed by atoms with Crippen LogP contribution in [0.25, 0.3) is 0 Å². The van der Waals surface area contributed by atoms with E-state index < -0.39 is 5.97 Å². The number of hydrogen-bond acceptors (Lipinski definition) is 2. The number of carbonyl (C=O) groups is 1. The van der Waals surface area contributed by atoms with Gasteiger partial charge in [0.2, 0.25) is 0 Å². The van der Waals surface area contributed by atoms with Crippen molar-refractivity contribution in [3.05, 3.63) is 63.1 Å². The van der Waals surface area contributed by atoms with Gasteiger partial charge in [-0.25, -0.2) is 4.79 Å². The van der Waals surface area contributed by atoms with Gasteiger partial charge in [0, 0.05) is 0 Å². The Morgan fingerprint density at radius 1 is 1.08 bits per heavy atom. The number of para-hydroxylation sites is 1. The van der Waals surface area contributed by atoms with Crippen molar-refractivity contribution in [3.8, 4) is 0 Å². The van der Waals surface area contributed by atoms with Gasteiger partial charge < -0.3 is 10.4 Å². The van der Waals surface area contributed by atoms with Gasteiger partial charge in [-0.1, -0.05) is 41.4 Å². The van der Waals surface area contributed by atoms with E-state index in [-0.39, 0.29) is 6.04 Å². The average Bonchev–Trinajstić information content (AvgIpc) is 3.25. The number of carboxylic acids is 1. The van der Waals surface area contributed by atoms with Gasteiger partial charge in [0.05, 0.1) is 27.3 Å². The second-order valence-electron chi connectivity index (χ2n) is 7.81. The fraction of sp³-hybridized carbons (Fsp3) is 0.381. The Morgan fingerprint density at radius 3 is 2.65 bits per heavy atom. The highest BCUT2D eigenvalue weighted by Gasteiger charge is 2.54. The van der Waals surface area contributed by atoms with Crippen LogP contribution in [0.3, 0.4) is 0 Å². The topological polar surface area (TPSA) is 49.3 Å². The first-order chi connectivity index (χ1) is 12.5. The number of halogens is 2. The first-order valence-corrected chi connectivity index (χ1v) is 9.88. The molecule has 5 rings (SSSR count). The van der Waals surface area contributed by atoms with Crippen LogP contribution < -0.4 is 5.32 Å². The summed E-state index contributed by atoms with van der Waals surface area (Å²) in [6.07, 6.45) is 3.75. The Hall–Kier alpha value is -1.71. The lowest BCUT2D eigenvalue weighted by atomic mass is 9.67. The zero-order valence-electron chi connectivity index (χ0n) is 14.1. The first-order valence-electron chi connectivity index (χ1n) is 9.12. The lowest BCUT2D eigenvalue weighted by Crippen LogP contribution is -2.36. The van der Waals surface area contributed by atoms with Gasteiger partial charge in [0.1, 0.15) is 0 Å². The van der Waals surface area contributed by atoms with Gasteiger partial charge >= 0.3 is 5.97 Å². The lowest BCUT2D eigenvalue weighted by Gasteiger charge is -2.44. The van der Waals surface area contributed by atoms with E-state index in [2.05, 4.69) is 11.4 Å². The molecule has 3 aliphatic rings. The van der Waals surface area contributed by atoms with E-state index in [1.807, 2.05) is 24.3 Å². The molecule has 5 heteroatoms. The second kappa shape index (κ2) is 5.90. The SMILES string of the molecule is O=C(O)c1cccc2c1N[C@H](c1ccc(Cl)c(Cl)c1)[C@@H]1[C@H]3CC[C@@H](C3)[C@H]21. The molecule has 1 heterocycles. The van der Waals surface area contributed by atoms with Crippen LogP contribution >= 0.6 is 23.2 Å². The molecule has 0 saturated heterocycles. The maximum atomic E-state index is 11.8. The number of benzene rings is 2. The molecule has 2 fully saturated rings. The van der Waals surface area contributed by atoms with E-state index in [1.54, 1.807) is 6.07 Å². The fourth-order valence-electron chi connectivity index (χ4n) is 5.73. The molecule has 2 saturated carbocycles. The van der Waals surface area contributed by atoms with Crippen LogP contribution in [0.4, 0.5) is 5.69 Å². The van der Waals surface area contributed by atoms with Crippen LogP contribution in [0.1, 0.15) is 52.7 Å². The van der Waals surface area contributed by atoms with Crippen molar-refractivity contribution in [2.75, 3.05) is 5.32 Å². The maximum absolute atomic E-state index is 11.8. The van der Waals surface area contributed by atoms with Gasteiger partial charge in [0.25, 0.3) is 0 Å². The molecule has 2 aliphatic carbocycles. The summed E-state index contributed by atoms with van der Waals surface area (Å²) in [5, 5.41) is 14.3. The van der Waals surface area contributed by atoms with Crippen molar-refractivity contribution in [2.45, 2.75) is 31.2 Å². The minimum Gasteiger partial charge on any atom is -0.478 e. The number of aromatic carboxylic acids is 1. The molecule has 0 unspecified atom stereocenters. The van der Waals surface area contributed by atoms with Crippen molar-refractivity contribution < 1.29 is 9.90 Å². The highest BCUT2D eigenvalue weighted by Crippen LogP contribution is 2.64. The molecular formula is C21H19Cl2NO2. The Balaban J connectivity index is 1.67. The summed E-state index contributed by atoms with van der Waals surface area (Å²) in [5.41, 5.74) is 3.41. The van der Waals surface area contributed by atoms with Gasteiger partial charge in [-0.15, -0.1) is 0 Å². The van der Waals surface area contributed by atoms with Gasteiger partial charge in [0.15, 0.2) is 0 Å². The monoisotopic (exact) mass is 387 g/mol. The minimum atomic E-state index is -0.885. The van der Waals surface area contributed by atoms with Gasteiger partial charge in [-0.2, -0.15) is 0 Å². The maximum Gasteiger partial charge on any atom is 0.337 e. The van der Waals surface area contributed by atoms with Crippen LogP contribution in [0.15, 0.2) is 36.4 Å². The zero-order valence-corrected chi connectivity index (χ0v) is 15.6. The molecule has 2 aromatic rings. The standard InChI is InChI=1S/C21H19Cl2NO2/c22-15-7-6-12(9-16(15)23)19-18-11-5-4-10(8-11)17(18)13-2-1-3-14(21(25)26)20(13)24-19/h1-3,6-7,9-11,17-19,24H,4-5,8H2,(H,25,26)/t10-,11-,17+,18+,19+/m0/s1. The summed E-state index contributed by atoms with van der Waals surface area (Å²) in [5.74, 6) is 1.34. The summed E-state index contributed by atoms with van der Waals surface area (Å²) in [4.78, 5) is 11.8. The molecule has 1 aliphatic heterocycles. The molecule has 5 atom stereocenters. The normalized spacial score (nSPS) is 31.2. The fourth-order valence-corrected chi connectivity index (χ4v) is 6.03. The van der Waals surface area contributed by atoms with Crippen molar-refractivity contribution in [1.82, 2.24) is 0 Å². The van der Waals surface area contributed by atoms with E-state index in [0.29, 0.717) is 39.3 Å². The molecule has 0 amide bonds. The third-order valence-corrected chi connectivity index (χ3v) is 7.39. The number of hydrogen-bond donors (Lipinski definition) is 2. The third kappa shape index (κ3) is 2.30. The molecule has 2 bridgehead atoms. The summed E-state index contributed by atoms with van der Waals surface area (Å²) in [6, 6.07) is 11.5. The number of rotatable bonds is 2. The molecule has 0 radical (unpaired) electrons. The van der Waals surface area contributed by atoms with Gasteiger partial charge in [-0.05, 0) is 72.3 Å². The van der Waals surface area contributed by atoms with Crippen molar-refractivity contribution in [1.29, 1.82) is 0 Å². The Labute approximate surface area is 162 Å². The summed E-state index contributed by atoms with van der Waals surface area (Å²) < 4.78 is 0.